The molecule has 0 aliphatic carbocycles. The van der Waals surface area contributed by atoms with Crippen molar-refractivity contribution in [3.8, 4) is 0 Å². The van der Waals surface area contributed by atoms with Crippen molar-refractivity contribution in [1.82, 2.24) is 5.32 Å². The average Bonchev–Trinajstić information content (AvgIpc) is 3.16. The molecule has 0 aromatic heterocycles. The van der Waals surface area contributed by atoms with Crippen LogP contribution in [0.1, 0.15) is 42.6 Å². The fourth-order valence-corrected chi connectivity index (χ4v) is 3.43. The van der Waals surface area contributed by atoms with Crippen molar-refractivity contribution in [3.63, 3.8) is 0 Å². The number of carbonyl (C=O) groups excluding carboxylic acids is 3. The minimum absolute atomic E-state index is 0.0642. The van der Waals surface area contributed by atoms with E-state index < -0.39 is 12.0 Å². The zero-order valence-electron chi connectivity index (χ0n) is 17.1. The molecular weight excluding hydrogens is 404 g/mol. The summed E-state index contributed by atoms with van der Waals surface area (Å²) in [6.07, 6.45) is 1.41. The van der Waals surface area contributed by atoms with Gasteiger partial charge in [0.2, 0.25) is 5.91 Å². The number of hydrogen-bond donors (Lipinski definition) is 1. The molecule has 30 heavy (non-hydrogen) atoms. The van der Waals surface area contributed by atoms with Crippen molar-refractivity contribution in [2.24, 2.45) is 5.92 Å². The third-order valence-electron chi connectivity index (χ3n) is 4.99. The molecule has 1 heterocycles. The van der Waals surface area contributed by atoms with Gasteiger partial charge in [0.15, 0.2) is 0 Å². The maximum Gasteiger partial charge on any atom is 0.329 e. The minimum atomic E-state index is -0.781. The molecule has 2 aromatic carbocycles. The van der Waals surface area contributed by atoms with E-state index in [-0.39, 0.29) is 24.3 Å². The minimum Gasteiger partial charge on any atom is -0.459 e. The quantitative estimate of drug-likeness (QED) is 0.677. The van der Waals surface area contributed by atoms with Crippen LogP contribution >= 0.6 is 11.6 Å². The largest absolute Gasteiger partial charge is 0.459 e. The zero-order chi connectivity index (χ0) is 21.7. The highest BCUT2D eigenvalue weighted by Gasteiger charge is 2.26. The lowest BCUT2D eigenvalue weighted by Crippen LogP contribution is -2.45. The second-order valence-corrected chi connectivity index (χ2v) is 8.07. The van der Waals surface area contributed by atoms with Gasteiger partial charge in [0.25, 0.3) is 5.91 Å². The number of hydrogen-bond acceptors (Lipinski definition) is 4. The number of nitrogens with one attached hydrogen (secondary N) is 1. The number of nitrogens with zero attached hydrogens (tertiary/aromatic N) is 1. The highest BCUT2D eigenvalue weighted by Crippen LogP contribution is 2.22. The van der Waals surface area contributed by atoms with Crippen molar-refractivity contribution in [2.75, 3.05) is 11.4 Å². The van der Waals surface area contributed by atoms with Gasteiger partial charge in [-0.1, -0.05) is 37.6 Å². The Kier molecular flexibility index (Phi) is 7.11. The summed E-state index contributed by atoms with van der Waals surface area (Å²) < 4.78 is 5.47. The zero-order valence-corrected chi connectivity index (χ0v) is 17.8. The maximum atomic E-state index is 12.6. The summed E-state index contributed by atoms with van der Waals surface area (Å²) in [6, 6.07) is 13.1. The van der Waals surface area contributed by atoms with E-state index in [1.165, 1.54) is 0 Å². The van der Waals surface area contributed by atoms with Crippen molar-refractivity contribution in [2.45, 2.75) is 39.3 Å². The predicted molar refractivity (Wildman–Crippen MR) is 115 cm³/mol. The molecule has 158 valence electrons. The second-order valence-electron chi connectivity index (χ2n) is 7.63. The van der Waals surface area contributed by atoms with Gasteiger partial charge >= 0.3 is 5.97 Å². The molecule has 1 fully saturated rings. The molecule has 1 saturated heterocycles. The molecule has 0 radical (unpaired) electrons. The van der Waals surface area contributed by atoms with Crippen LogP contribution in [0, 0.1) is 5.92 Å². The molecular formula is C23H25ClN2O4. The van der Waals surface area contributed by atoms with Crippen molar-refractivity contribution >= 4 is 35.1 Å². The maximum absolute atomic E-state index is 12.6. The van der Waals surface area contributed by atoms with Crippen LogP contribution in [0.4, 0.5) is 5.69 Å². The molecule has 0 spiro atoms. The van der Waals surface area contributed by atoms with E-state index in [4.69, 9.17) is 16.3 Å². The first-order valence-corrected chi connectivity index (χ1v) is 10.4. The molecule has 1 aliphatic heterocycles. The van der Waals surface area contributed by atoms with Gasteiger partial charge in [-0.05, 0) is 54.3 Å². The lowest BCUT2D eigenvalue weighted by molar-refractivity contribution is -0.148. The first-order valence-electron chi connectivity index (χ1n) is 9.97. The van der Waals surface area contributed by atoms with E-state index in [1.807, 2.05) is 38.1 Å². The van der Waals surface area contributed by atoms with E-state index in [2.05, 4.69) is 5.32 Å². The van der Waals surface area contributed by atoms with E-state index in [0.29, 0.717) is 23.6 Å². The van der Waals surface area contributed by atoms with Gasteiger partial charge in [-0.2, -0.15) is 0 Å². The van der Waals surface area contributed by atoms with Crippen LogP contribution in [0.2, 0.25) is 5.02 Å². The monoisotopic (exact) mass is 428 g/mol. The summed E-state index contributed by atoms with van der Waals surface area (Å²) in [5, 5.41) is 3.27. The molecule has 1 N–H and O–H groups in total. The molecule has 1 aliphatic rings. The van der Waals surface area contributed by atoms with Crippen molar-refractivity contribution < 1.29 is 19.1 Å². The first-order chi connectivity index (χ1) is 14.3. The highest BCUT2D eigenvalue weighted by molar-refractivity contribution is 6.30. The number of carbonyl (C=O) groups is 3. The Balaban J connectivity index is 1.62. The summed E-state index contributed by atoms with van der Waals surface area (Å²) in [5.41, 5.74) is 2.01. The molecule has 7 heteroatoms. The standard InChI is InChI=1S/C23H25ClN2O4/c1-15(2)21(25-22(28)17-8-10-18(24)11-9-17)23(29)30-14-16-5-3-6-19(13-16)26-12-4-7-20(26)27/h3,5-6,8-11,13,15,21H,4,7,12,14H2,1-2H3,(H,25,28). The molecule has 6 nitrogen and oxygen atoms in total. The summed E-state index contributed by atoms with van der Waals surface area (Å²) >= 11 is 5.86. The Morgan fingerprint density at radius 1 is 1.17 bits per heavy atom. The normalized spacial score (nSPS) is 14.7. The van der Waals surface area contributed by atoms with Gasteiger partial charge in [0.05, 0.1) is 0 Å². The van der Waals surface area contributed by atoms with Crippen LogP contribution in [-0.2, 0) is 20.9 Å². The Morgan fingerprint density at radius 3 is 2.53 bits per heavy atom. The van der Waals surface area contributed by atoms with Crippen LogP contribution in [0.3, 0.4) is 0 Å². The van der Waals surface area contributed by atoms with E-state index in [1.54, 1.807) is 29.2 Å². The number of anilines is 1. The molecule has 1 atom stereocenters. The van der Waals surface area contributed by atoms with Crippen LogP contribution in [0.25, 0.3) is 0 Å². The Hall–Kier alpha value is -2.86. The van der Waals surface area contributed by atoms with Gasteiger partial charge in [-0.15, -0.1) is 0 Å². The van der Waals surface area contributed by atoms with Gasteiger partial charge in [-0.3, -0.25) is 9.59 Å². The number of ether oxygens (including phenoxy) is 1. The summed E-state index contributed by atoms with van der Waals surface area (Å²) in [7, 11) is 0. The SMILES string of the molecule is CC(C)C(NC(=O)c1ccc(Cl)cc1)C(=O)OCc1cccc(N2CCCC2=O)c1. The van der Waals surface area contributed by atoms with E-state index in [0.717, 1.165) is 17.7 Å². The fourth-order valence-electron chi connectivity index (χ4n) is 3.30. The first kappa shape index (κ1) is 21.8. The number of halogens is 1. The Labute approximate surface area is 181 Å². The van der Waals surface area contributed by atoms with E-state index in [9.17, 15) is 14.4 Å². The Bertz CT molecular complexity index is 927. The number of rotatable bonds is 7. The molecule has 2 amide bonds. The summed E-state index contributed by atoms with van der Waals surface area (Å²) in [5.74, 6) is -0.914. The lowest BCUT2D eigenvalue weighted by Gasteiger charge is -2.21. The van der Waals surface area contributed by atoms with Gasteiger partial charge in [0, 0.05) is 29.2 Å². The number of esters is 1. The Morgan fingerprint density at radius 2 is 1.90 bits per heavy atom. The topological polar surface area (TPSA) is 75.7 Å². The molecule has 0 saturated carbocycles. The third kappa shape index (κ3) is 5.39. The molecule has 3 rings (SSSR count). The lowest BCUT2D eigenvalue weighted by atomic mass is 10.0. The average molecular weight is 429 g/mol. The van der Waals surface area contributed by atoms with E-state index >= 15 is 0 Å². The second kappa shape index (κ2) is 9.76. The number of amides is 2. The predicted octanol–water partition coefficient (Wildman–Crippen LogP) is 3.96. The summed E-state index contributed by atoms with van der Waals surface area (Å²) in [4.78, 5) is 38.8. The number of benzene rings is 2. The smallest absolute Gasteiger partial charge is 0.329 e. The van der Waals surface area contributed by atoms with Crippen molar-refractivity contribution in [1.29, 1.82) is 0 Å². The summed E-state index contributed by atoms with van der Waals surface area (Å²) in [6.45, 7) is 4.45. The van der Waals surface area contributed by atoms with Gasteiger partial charge < -0.3 is 15.0 Å². The molecule has 0 bridgehead atoms. The molecule has 1 unspecified atom stereocenters. The fraction of sp³-hybridized carbons (Fsp3) is 0.348. The van der Waals surface area contributed by atoms with Crippen LogP contribution in [0.15, 0.2) is 48.5 Å². The van der Waals surface area contributed by atoms with Gasteiger partial charge in [0.1, 0.15) is 12.6 Å². The van der Waals surface area contributed by atoms with Crippen molar-refractivity contribution in [3.05, 3.63) is 64.7 Å². The molecule has 2 aromatic rings. The highest BCUT2D eigenvalue weighted by atomic mass is 35.5. The van der Waals surface area contributed by atoms with Crippen LogP contribution < -0.4 is 10.2 Å². The third-order valence-corrected chi connectivity index (χ3v) is 5.24. The van der Waals surface area contributed by atoms with Crippen LogP contribution in [-0.4, -0.2) is 30.4 Å². The van der Waals surface area contributed by atoms with Gasteiger partial charge in [-0.25, -0.2) is 4.79 Å². The van der Waals surface area contributed by atoms with Crippen LogP contribution in [0.5, 0.6) is 0 Å².